The van der Waals surface area contributed by atoms with Gasteiger partial charge in [0, 0.05) is 17.5 Å². The minimum atomic E-state index is 1.01. The lowest BCUT2D eigenvalue weighted by molar-refractivity contribution is -0.575. The molecule has 2 aromatic heterocycles. The summed E-state index contributed by atoms with van der Waals surface area (Å²) in [7, 11) is 0. The Morgan fingerprint density at radius 1 is 1.20 bits per heavy atom. The summed E-state index contributed by atoms with van der Waals surface area (Å²) in [5.41, 5.74) is 5.44. The maximum absolute atomic E-state index is 2.34. The Hall–Kier alpha value is -1.83. The number of hydrogen-bond donors (Lipinski definition) is 0. The number of rotatable bonds is 0. The minimum Gasteiger partial charge on any atom is -0.147 e. The summed E-state index contributed by atoms with van der Waals surface area (Å²) < 4.78 is 4.67. The van der Waals surface area contributed by atoms with E-state index in [2.05, 4.69) is 52.5 Å². The van der Waals surface area contributed by atoms with E-state index in [-0.39, 0.29) is 0 Å². The lowest BCUT2D eigenvalue weighted by Gasteiger charge is -1.91. The second kappa shape index (κ2) is 2.22. The second-order valence-corrected chi connectivity index (χ2v) is 4.27. The van der Waals surface area contributed by atoms with Gasteiger partial charge in [0.2, 0.25) is 11.0 Å². The topological polar surface area (TPSA) is 9.03 Å². The fraction of sp³-hybridized carbons (Fsp3) is 0.154. The number of nitrogens with zero attached hydrogens (tertiary/aromatic N) is 2. The zero-order valence-corrected chi connectivity index (χ0v) is 8.57. The van der Waals surface area contributed by atoms with Crippen LogP contribution in [0.3, 0.4) is 0 Å². The summed E-state index contributed by atoms with van der Waals surface area (Å²) >= 11 is 0. The van der Waals surface area contributed by atoms with Gasteiger partial charge < -0.3 is 0 Å². The summed E-state index contributed by atoms with van der Waals surface area (Å²) in [6.07, 6.45) is 0. The highest BCUT2D eigenvalue weighted by Gasteiger charge is 2.26. The van der Waals surface area contributed by atoms with Crippen LogP contribution in [0.5, 0.6) is 0 Å². The maximum atomic E-state index is 2.34. The number of benzene rings is 1. The van der Waals surface area contributed by atoms with Crippen molar-refractivity contribution in [2.75, 3.05) is 0 Å². The van der Waals surface area contributed by atoms with Crippen molar-refractivity contribution in [1.29, 1.82) is 0 Å². The van der Waals surface area contributed by atoms with Crippen LogP contribution in [0.25, 0.3) is 16.4 Å². The summed E-state index contributed by atoms with van der Waals surface area (Å²) in [6.45, 7) is 3.18. The van der Waals surface area contributed by atoms with Gasteiger partial charge in [-0.2, -0.15) is 0 Å². The zero-order chi connectivity index (χ0) is 9.99. The van der Waals surface area contributed by atoms with E-state index in [1.165, 1.54) is 27.7 Å². The van der Waals surface area contributed by atoms with E-state index in [4.69, 9.17) is 0 Å². The van der Waals surface area contributed by atoms with Gasteiger partial charge in [-0.05, 0) is 19.1 Å². The Morgan fingerprint density at radius 2 is 2.13 bits per heavy atom. The lowest BCUT2D eigenvalue weighted by atomic mass is 10.1. The second-order valence-electron chi connectivity index (χ2n) is 4.27. The third kappa shape index (κ3) is 0.743. The number of para-hydroxylation sites is 1. The predicted octanol–water partition coefficient (Wildman–Crippen LogP) is 2.05. The van der Waals surface area contributed by atoms with Crippen molar-refractivity contribution in [2.24, 2.45) is 0 Å². The third-order valence-electron chi connectivity index (χ3n) is 3.37. The Morgan fingerprint density at radius 3 is 3.07 bits per heavy atom. The molecule has 0 N–H and O–H groups in total. The largest absolute Gasteiger partial charge is 0.248 e. The first-order chi connectivity index (χ1) is 7.34. The molecule has 0 aliphatic carbocycles. The van der Waals surface area contributed by atoms with Gasteiger partial charge in [-0.15, -0.1) is 4.68 Å². The minimum absolute atomic E-state index is 1.01. The van der Waals surface area contributed by atoms with Crippen molar-refractivity contribution in [2.45, 2.75) is 13.5 Å². The van der Waals surface area contributed by atoms with Gasteiger partial charge in [0.25, 0.3) is 0 Å². The molecular weight excluding hydrogens is 184 g/mol. The SMILES string of the molecule is Cc1cc2ccc3cccc4c3[n+]2n1C4. The molecule has 4 rings (SSSR count). The van der Waals surface area contributed by atoms with Crippen molar-refractivity contribution in [3.8, 4) is 0 Å². The summed E-state index contributed by atoms with van der Waals surface area (Å²) in [5, 5.41) is 1.34. The van der Waals surface area contributed by atoms with Crippen LogP contribution in [-0.2, 0) is 6.54 Å². The van der Waals surface area contributed by atoms with Crippen LogP contribution >= 0.6 is 0 Å². The molecule has 15 heavy (non-hydrogen) atoms. The first-order valence-electron chi connectivity index (χ1n) is 5.27. The fourth-order valence-corrected chi connectivity index (χ4v) is 2.68. The van der Waals surface area contributed by atoms with Gasteiger partial charge in [0.1, 0.15) is 6.54 Å². The first-order valence-corrected chi connectivity index (χ1v) is 5.27. The van der Waals surface area contributed by atoms with Crippen LogP contribution in [0.1, 0.15) is 11.3 Å². The highest BCUT2D eigenvalue weighted by atomic mass is 15.4. The van der Waals surface area contributed by atoms with Crippen LogP contribution in [-0.4, -0.2) is 4.68 Å². The molecule has 3 aromatic rings. The molecule has 72 valence electrons. The van der Waals surface area contributed by atoms with Crippen molar-refractivity contribution in [3.63, 3.8) is 0 Å². The van der Waals surface area contributed by atoms with Crippen LogP contribution < -0.4 is 4.52 Å². The average Bonchev–Trinajstić information content (AvgIpc) is 2.76. The molecule has 0 amide bonds. The molecule has 3 heterocycles. The molecule has 2 heteroatoms. The third-order valence-corrected chi connectivity index (χ3v) is 3.37. The van der Waals surface area contributed by atoms with E-state index < -0.39 is 0 Å². The van der Waals surface area contributed by atoms with Gasteiger partial charge in [-0.3, -0.25) is 0 Å². The van der Waals surface area contributed by atoms with E-state index in [1.807, 2.05) is 0 Å². The van der Waals surface area contributed by atoms with Crippen LogP contribution in [0.4, 0.5) is 0 Å². The number of pyridine rings is 1. The van der Waals surface area contributed by atoms with E-state index in [0.717, 1.165) is 6.54 Å². The molecule has 1 aliphatic rings. The zero-order valence-electron chi connectivity index (χ0n) is 8.57. The van der Waals surface area contributed by atoms with Gasteiger partial charge in [0.05, 0.1) is 11.3 Å². The Bertz CT molecular complexity index is 707. The molecule has 0 bridgehead atoms. The van der Waals surface area contributed by atoms with Crippen molar-refractivity contribution >= 4 is 16.4 Å². The quantitative estimate of drug-likeness (QED) is 0.380. The molecule has 0 spiro atoms. The van der Waals surface area contributed by atoms with E-state index in [9.17, 15) is 0 Å². The van der Waals surface area contributed by atoms with Gasteiger partial charge in [-0.25, -0.2) is 0 Å². The Kier molecular flexibility index (Phi) is 1.10. The van der Waals surface area contributed by atoms with Gasteiger partial charge in [0.15, 0.2) is 0 Å². The van der Waals surface area contributed by atoms with Gasteiger partial charge in [-0.1, -0.05) is 16.6 Å². The van der Waals surface area contributed by atoms with E-state index >= 15 is 0 Å². The average molecular weight is 195 g/mol. The highest BCUT2D eigenvalue weighted by molar-refractivity contribution is 5.81. The molecule has 1 aliphatic heterocycles. The van der Waals surface area contributed by atoms with Crippen molar-refractivity contribution in [1.82, 2.24) is 4.68 Å². The summed E-state index contributed by atoms with van der Waals surface area (Å²) in [4.78, 5) is 0. The molecule has 0 radical (unpaired) electrons. The molecule has 1 aromatic carbocycles. The van der Waals surface area contributed by atoms with Crippen LogP contribution in [0.2, 0.25) is 0 Å². The normalized spacial score (nSPS) is 13.4. The Balaban J connectivity index is 2.42. The standard InChI is InChI=1S/C13H11N2/c1-9-7-12-6-5-10-3-2-4-11-8-14(9)15(12)13(10)11/h2-7H,8H2,1H3/q+1. The smallest absolute Gasteiger partial charge is 0.147 e. The first kappa shape index (κ1) is 7.46. The summed E-state index contributed by atoms with van der Waals surface area (Å²) in [5.74, 6) is 0. The van der Waals surface area contributed by atoms with Crippen molar-refractivity contribution < 1.29 is 4.52 Å². The molecule has 0 saturated carbocycles. The monoisotopic (exact) mass is 195 g/mol. The maximum Gasteiger partial charge on any atom is 0.248 e. The van der Waals surface area contributed by atoms with Crippen LogP contribution in [0, 0.1) is 6.92 Å². The summed E-state index contributed by atoms with van der Waals surface area (Å²) in [6, 6.07) is 13.2. The molecule has 0 atom stereocenters. The number of aromatic nitrogens is 2. The van der Waals surface area contributed by atoms with Crippen LogP contribution in [0.15, 0.2) is 36.4 Å². The Labute approximate surface area is 87.4 Å². The molecule has 0 fully saturated rings. The highest BCUT2D eigenvalue weighted by Crippen LogP contribution is 2.23. The fourth-order valence-electron chi connectivity index (χ4n) is 2.68. The van der Waals surface area contributed by atoms with Crippen molar-refractivity contribution in [3.05, 3.63) is 47.7 Å². The van der Waals surface area contributed by atoms with E-state index in [0.29, 0.717) is 0 Å². The number of hydrogen-bond acceptors (Lipinski definition) is 0. The van der Waals surface area contributed by atoms with E-state index in [1.54, 1.807) is 0 Å². The number of aryl methyl sites for hydroxylation is 1. The molecular formula is C13H11N2+. The molecule has 0 saturated heterocycles. The van der Waals surface area contributed by atoms with Gasteiger partial charge >= 0.3 is 0 Å². The molecule has 0 unspecified atom stereocenters. The molecule has 2 nitrogen and oxygen atoms in total. The predicted molar refractivity (Wildman–Crippen MR) is 58.9 cm³/mol. The lowest BCUT2D eigenvalue weighted by Crippen LogP contribution is -2.29.